The predicted octanol–water partition coefficient (Wildman–Crippen LogP) is 3.13. The zero-order valence-electron chi connectivity index (χ0n) is 10.2. The van der Waals surface area contributed by atoms with Gasteiger partial charge in [0.25, 0.3) is 0 Å². The summed E-state index contributed by atoms with van der Waals surface area (Å²) in [5.74, 6) is 0.796. The first-order chi connectivity index (χ1) is 8.26. The van der Waals surface area contributed by atoms with E-state index in [9.17, 15) is 4.79 Å². The molecule has 0 saturated heterocycles. The molecular formula is C13H18N2O2. The topological polar surface area (TPSA) is 50.4 Å². The van der Waals surface area contributed by atoms with Gasteiger partial charge in [-0.3, -0.25) is 0 Å². The van der Waals surface area contributed by atoms with Gasteiger partial charge in [-0.1, -0.05) is 13.0 Å². The van der Waals surface area contributed by atoms with E-state index in [0.717, 1.165) is 17.9 Å². The summed E-state index contributed by atoms with van der Waals surface area (Å²) in [5, 5.41) is 5.32. The number of ether oxygens (including phenoxy) is 1. The van der Waals surface area contributed by atoms with Crippen molar-refractivity contribution in [3.05, 3.63) is 36.5 Å². The number of allylic oxidation sites excluding steroid dienone is 1. The number of carbonyl (C=O) groups is 1. The van der Waals surface area contributed by atoms with Gasteiger partial charge in [0.1, 0.15) is 5.75 Å². The highest BCUT2D eigenvalue weighted by Gasteiger charge is 1.99. The summed E-state index contributed by atoms with van der Waals surface area (Å²) in [6, 6.07) is 6.99. The van der Waals surface area contributed by atoms with Gasteiger partial charge < -0.3 is 15.4 Å². The maximum atomic E-state index is 11.4. The molecule has 1 rings (SSSR count). The van der Waals surface area contributed by atoms with E-state index in [0.29, 0.717) is 6.61 Å². The number of anilines is 1. The Balaban J connectivity index is 2.45. The van der Waals surface area contributed by atoms with Gasteiger partial charge in [0.2, 0.25) is 0 Å². The van der Waals surface area contributed by atoms with Gasteiger partial charge in [-0.15, -0.1) is 0 Å². The smallest absolute Gasteiger partial charge is 0.323 e. The molecule has 0 aliphatic heterocycles. The Labute approximate surface area is 102 Å². The predicted molar refractivity (Wildman–Crippen MR) is 69.2 cm³/mol. The molecule has 0 atom stereocenters. The average Bonchev–Trinajstić information content (AvgIpc) is 2.32. The Morgan fingerprint density at radius 2 is 2.00 bits per heavy atom. The van der Waals surface area contributed by atoms with Gasteiger partial charge in [-0.25, -0.2) is 4.79 Å². The minimum atomic E-state index is -0.251. The van der Waals surface area contributed by atoms with Gasteiger partial charge in [0, 0.05) is 11.9 Å². The Kier molecular flexibility index (Phi) is 5.64. The Morgan fingerprint density at radius 1 is 1.29 bits per heavy atom. The van der Waals surface area contributed by atoms with E-state index in [-0.39, 0.29) is 6.03 Å². The van der Waals surface area contributed by atoms with Crippen LogP contribution in [0.3, 0.4) is 0 Å². The average molecular weight is 234 g/mol. The molecule has 0 heterocycles. The van der Waals surface area contributed by atoms with Crippen molar-refractivity contribution in [2.45, 2.75) is 20.3 Å². The number of rotatable bonds is 5. The van der Waals surface area contributed by atoms with E-state index in [4.69, 9.17) is 4.74 Å². The summed E-state index contributed by atoms with van der Waals surface area (Å²) in [6.07, 6.45) is 4.39. The van der Waals surface area contributed by atoms with Crippen LogP contribution in [0.5, 0.6) is 5.75 Å². The number of benzene rings is 1. The summed E-state index contributed by atoms with van der Waals surface area (Å²) < 4.78 is 5.31. The van der Waals surface area contributed by atoms with Crippen LogP contribution in [0, 0.1) is 0 Å². The van der Waals surface area contributed by atoms with Crippen LogP contribution in [0.15, 0.2) is 36.5 Å². The van der Waals surface area contributed by atoms with E-state index in [1.165, 1.54) is 0 Å². The van der Waals surface area contributed by atoms with Crippen molar-refractivity contribution in [1.82, 2.24) is 5.32 Å². The second kappa shape index (κ2) is 7.33. The molecule has 0 aliphatic rings. The van der Waals surface area contributed by atoms with E-state index in [2.05, 4.69) is 10.6 Å². The lowest BCUT2D eigenvalue weighted by molar-refractivity contribution is 0.255. The molecule has 1 aromatic carbocycles. The molecule has 4 heteroatoms. The molecule has 2 N–H and O–H groups in total. The monoisotopic (exact) mass is 234 g/mol. The van der Waals surface area contributed by atoms with E-state index >= 15 is 0 Å². The summed E-state index contributed by atoms with van der Waals surface area (Å²) in [7, 11) is 0. The lowest BCUT2D eigenvalue weighted by atomic mass is 10.3. The maximum Gasteiger partial charge on any atom is 0.323 e. The van der Waals surface area contributed by atoms with Crippen LogP contribution in [0.2, 0.25) is 0 Å². The normalized spacial score (nSPS) is 10.2. The molecule has 0 aliphatic carbocycles. The van der Waals surface area contributed by atoms with E-state index < -0.39 is 0 Å². The van der Waals surface area contributed by atoms with Crippen molar-refractivity contribution in [2.24, 2.45) is 0 Å². The molecule has 1 aromatic rings. The molecule has 92 valence electrons. The van der Waals surface area contributed by atoms with Crippen molar-refractivity contribution < 1.29 is 9.53 Å². The largest absolute Gasteiger partial charge is 0.494 e. The van der Waals surface area contributed by atoms with Gasteiger partial charge in [-0.05, 0) is 37.6 Å². The number of urea groups is 1. The first-order valence-electron chi connectivity index (χ1n) is 5.71. The van der Waals surface area contributed by atoms with Crippen LogP contribution >= 0.6 is 0 Å². The fourth-order valence-corrected chi connectivity index (χ4v) is 1.22. The standard InChI is InChI=1S/C13H18N2O2/c1-3-5-10-14-13(16)15-11-6-8-12(9-7-11)17-4-2/h5-10H,3-4H2,1-2H3,(H2,14,15,16)/b10-5+. The molecule has 0 spiro atoms. The third-order valence-electron chi connectivity index (χ3n) is 1.99. The SMILES string of the molecule is CC/C=C/NC(=O)Nc1ccc(OCC)cc1. The van der Waals surface area contributed by atoms with Crippen LogP contribution in [-0.2, 0) is 0 Å². The minimum absolute atomic E-state index is 0.251. The third-order valence-corrected chi connectivity index (χ3v) is 1.99. The molecule has 17 heavy (non-hydrogen) atoms. The fourth-order valence-electron chi connectivity index (χ4n) is 1.22. The molecule has 4 nitrogen and oxygen atoms in total. The first kappa shape index (κ1) is 13.1. The van der Waals surface area contributed by atoms with Crippen LogP contribution in [0.25, 0.3) is 0 Å². The number of hydrogen-bond acceptors (Lipinski definition) is 2. The molecule has 0 saturated carbocycles. The Morgan fingerprint density at radius 3 is 2.59 bits per heavy atom. The quantitative estimate of drug-likeness (QED) is 0.822. The van der Waals surface area contributed by atoms with Crippen molar-refractivity contribution in [3.8, 4) is 5.75 Å². The second-order valence-corrected chi connectivity index (χ2v) is 3.37. The van der Waals surface area contributed by atoms with Crippen LogP contribution in [0.4, 0.5) is 10.5 Å². The zero-order valence-corrected chi connectivity index (χ0v) is 10.2. The maximum absolute atomic E-state index is 11.4. The zero-order chi connectivity index (χ0) is 12.5. The highest BCUT2D eigenvalue weighted by atomic mass is 16.5. The highest BCUT2D eigenvalue weighted by Crippen LogP contribution is 2.15. The molecular weight excluding hydrogens is 216 g/mol. The number of nitrogens with one attached hydrogen (secondary N) is 2. The lowest BCUT2D eigenvalue weighted by Crippen LogP contribution is -2.23. The first-order valence-corrected chi connectivity index (χ1v) is 5.71. The minimum Gasteiger partial charge on any atom is -0.494 e. The van der Waals surface area contributed by atoms with Crippen molar-refractivity contribution >= 4 is 11.7 Å². The van der Waals surface area contributed by atoms with Crippen LogP contribution < -0.4 is 15.4 Å². The fraction of sp³-hybridized carbons (Fsp3) is 0.308. The third kappa shape index (κ3) is 5.06. The van der Waals surface area contributed by atoms with Gasteiger partial charge in [0.05, 0.1) is 6.61 Å². The molecule has 0 bridgehead atoms. The van der Waals surface area contributed by atoms with Crippen molar-refractivity contribution in [2.75, 3.05) is 11.9 Å². The highest BCUT2D eigenvalue weighted by molar-refractivity contribution is 5.89. The van der Waals surface area contributed by atoms with E-state index in [1.54, 1.807) is 18.3 Å². The molecule has 0 fully saturated rings. The van der Waals surface area contributed by atoms with Crippen molar-refractivity contribution in [1.29, 1.82) is 0 Å². The lowest BCUT2D eigenvalue weighted by Gasteiger charge is -2.06. The summed E-state index contributed by atoms with van der Waals surface area (Å²) in [6.45, 7) is 4.57. The van der Waals surface area contributed by atoms with Crippen LogP contribution in [-0.4, -0.2) is 12.6 Å². The molecule has 0 unspecified atom stereocenters. The summed E-state index contributed by atoms with van der Waals surface area (Å²) in [4.78, 5) is 11.4. The molecule has 2 amide bonds. The van der Waals surface area contributed by atoms with Gasteiger partial charge in [-0.2, -0.15) is 0 Å². The van der Waals surface area contributed by atoms with E-state index in [1.807, 2.05) is 32.1 Å². The second-order valence-electron chi connectivity index (χ2n) is 3.37. The molecule has 0 aromatic heterocycles. The van der Waals surface area contributed by atoms with Gasteiger partial charge >= 0.3 is 6.03 Å². The number of hydrogen-bond donors (Lipinski definition) is 2. The Hall–Kier alpha value is -1.97. The number of carbonyl (C=O) groups excluding carboxylic acids is 1. The summed E-state index contributed by atoms with van der Waals surface area (Å²) >= 11 is 0. The molecule has 0 radical (unpaired) electrons. The summed E-state index contributed by atoms with van der Waals surface area (Å²) in [5.41, 5.74) is 0.732. The number of amides is 2. The van der Waals surface area contributed by atoms with Gasteiger partial charge in [0.15, 0.2) is 0 Å². The van der Waals surface area contributed by atoms with Crippen molar-refractivity contribution in [3.63, 3.8) is 0 Å². The Bertz CT molecular complexity index is 372. The van der Waals surface area contributed by atoms with Crippen LogP contribution in [0.1, 0.15) is 20.3 Å².